The van der Waals surface area contributed by atoms with E-state index in [-0.39, 0.29) is 0 Å². The molecule has 124 valence electrons. The number of hydrogen-bond donors (Lipinski definition) is 1. The van der Waals surface area contributed by atoms with E-state index in [9.17, 15) is 5.26 Å². The molecule has 0 atom stereocenters. The third-order valence-corrected chi connectivity index (χ3v) is 3.64. The Morgan fingerprint density at radius 3 is 2.12 bits per heavy atom. The van der Waals surface area contributed by atoms with E-state index in [0.29, 0.717) is 34.1 Å². The predicted molar refractivity (Wildman–Crippen MR) is 95.2 cm³/mol. The summed E-state index contributed by atoms with van der Waals surface area (Å²) in [6.07, 6.45) is 1.75. The first-order valence-corrected chi connectivity index (χ1v) is 7.32. The molecule has 0 aromatic heterocycles. The van der Waals surface area contributed by atoms with Gasteiger partial charge >= 0.3 is 0 Å². The molecule has 0 bridgehead atoms. The largest absolute Gasteiger partial charge is 0.493 e. The van der Waals surface area contributed by atoms with E-state index in [4.69, 9.17) is 19.9 Å². The van der Waals surface area contributed by atoms with Crippen molar-refractivity contribution in [1.82, 2.24) is 0 Å². The normalized spacial score (nSPS) is 10.9. The number of nitrogens with two attached hydrogens (primary N) is 1. The van der Waals surface area contributed by atoms with Gasteiger partial charge in [-0.1, -0.05) is 12.1 Å². The van der Waals surface area contributed by atoms with Crippen LogP contribution in [0.1, 0.15) is 16.7 Å². The molecule has 0 aliphatic carbocycles. The minimum absolute atomic E-state index is 0.449. The van der Waals surface area contributed by atoms with Gasteiger partial charge in [-0.2, -0.15) is 5.26 Å². The van der Waals surface area contributed by atoms with Crippen LogP contribution in [0.5, 0.6) is 17.2 Å². The zero-order valence-electron chi connectivity index (χ0n) is 14.2. The molecule has 0 spiro atoms. The Morgan fingerprint density at radius 2 is 1.67 bits per heavy atom. The van der Waals surface area contributed by atoms with Gasteiger partial charge in [0.1, 0.15) is 0 Å². The molecule has 2 aromatic rings. The average Bonchev–Trinajstić information content (AvgIpc) is 2.59. The van der Waals surface area contributed by atoms with Crippen LogP contribution in [0, 0.1) is 18.3 Å². The van der Waals surface area contributed by atoms with Crippen LogP contribution >= 0.6 is 0 Å². The summed E-state index contributed by atoms with van der Waals surface area (Å²) in [5.41, 5.74) is 9.61. The highest BCUT2D eigenvalue weighted by atomic mass is 16.5. The Morgan fingerprint density at radius 1 is 1.04 bits per heavy atom. The molecule has 5 heteroatoms. The number of hydrogen-bond acceptors (Lipinski definition) is 5. The van der Waals surface area contributed by atoms with Crippen molar-refractivity contribution in [3.8, 4) is 23.3 Å². The predicted octanol–water partition coefficient (Wildman–Crippen LogP) is 3.67. The highest BCUT2D eigenvalue weighted by Crippen LogP contribution is 2.40. The van der Waals surface area contributed by atoms with Crippen molar-refractivity contribution in [2.75, 3.05) is 27.1 Å². The standard InChI is InChI=1S/C19H20N2O3/c1-12-5-6-13(16(21)7-12)8-15(11-20)14-9-17(22-2)19(24-4)18(10-14)23-3/h5-10H,21H2,1-4H3. The average molecular weight is 324 g/mol. The van der Waals surface area contributed by atoms with Crippen molar-refractivity contribution in [2.45, 2.75) is 6.92 Å². The summed E-state index contributed by atoms with van der Waals surface area (Å²) in [7, 11) is 4.61. The van der Waals surface area contributed by atoms with Crippen molar-refractivity contribution < 1.29 is 14.2 Å². The van der Waals surface area contributed by atoms with Gasteiger partial charge in [-0.05, 0) is 47.9 Å². The number of nitrogens with zero attached hydrogens (tertiary/aromatic N) is 1. The van der Waals surface area contributed by atoms with Gasteiger partial charge in [-0.15, -0.1) is 0 Å². The molecular weight excluding hydrogens is 304 g/mol. The number of methoxy groups -OCH3 is 3. The lowest BCUT2D eigenvalue weighted by Gasteiger charge is -2.14. The second kappa shape index (κ2) is 7.42. The van der Waals surface area contributed by atoms with E-state index in [1.807, 2.05) is 25.1 Å². The van der Waals surface area contributed by atoms with Crippen molar-refractivity contribution in [2.24, 2.45) is 0 Å². The van der Waals surface area contributed by atoms with E-state index in [0.717, 1.165) is 11.1 Å². The van der Waals surface area contributed by atoms with Crippen molar-refractivity contribution >= 4 is 17.3 Å². The van der Waals surface area contributed by atoms with Crippen LogP contribution in [0.4, 0.5) is 5.69 Å². The number of benzene rings is 2. The number of nitrogen functional groups attached to an aromatic ring is 1. The highest BCUT2D eigenvalue weighted by Gasteiger charge is 2.15. The molecule has 5 nitrogen and oxygen atoms in total. The maximum absolute atomic E-state index is 9.57. The summed E-state index contributed by atoms with van der Waals surface area (Å²) >= 11 is 0. The Labute approximate surface area is 141 Å². The van der Waals surface area contributed by atoms with Gasteiger partial charge in [0, 0.05) is 5.69 Å². The van der Waals surface area contributed by atoms with Crippen LogP contribution in [-0.2, 0) is 0 Å². The molecular formula is C19H20N2O3. The smallest absolute Gasteiger partial charge is 0.203 e. The molecule has 2 N–H and O–H groups in total. The molecule has 0 aliphatic rings. The lowest BCUT2D eigenvalue weighted by Crippen LogP contribution is -1.97. The number of anilines is 1. The quantitative estimate of drug-likeness (QED) is 0.516. The van der Waals surface area contributed by atoms with E-state index < -0.39 is 0 Å². The maximum atomic E-state index is 9.57. The number of rotatable bonds is 5. The number of nitriles is 1. The molecule has 0 aliphatic heterocycles. The molecule has 2 rings (SSSR count). The fourth-order valence-corrected chi connectivity index (χ4v) is 2.40. The Bertz CT molecular complexity index is 795. The third kappa shape index (κ3) is 3.44. The Hall–Kier alpha value is -3.13. The van der Waals surface area contributed by atoms with Gasteiger partial charge in [0.2, 0.25) is 5.75 Å². The first-order chi connectivity index (χ1) is 11.5. The summed E-state index contributed by atoms with van der Waals surface area (Å²) in [4.78, 5) is 0. The molecule has 0 radical (unpaired) electrons. The van der Waals surface area contributed by atoms with Crippen LogP contribution in [0.25, 0.3) is 11.6 Å². The van der Waals surface area contributed by atoms with Crippen molar-refractivity contribution in [3.63, 3.8) is 0 Å². The summed E-state index contributed by atoms with van der Waals surface area (Å²) in [6, 6.07) is 11.4. The summed E-state index contributed by atoms with van der Waals surface area (Å²) in [5, 5.41) is 9.57. The zero-order valence-corrected chi connectivity index (χ0v) is 14.2. The molecule has 0 saturated heterocycles. The van der Waals surface area contributed by atoms with Crippen LogP contribution in [0.3, 0.4) is 0 Å². The van der Waals surface area contributed by atoms with E-state index >= 15 is 0 Å². The Balaban J connectivity index is 2.59. The van der Waals surface area contributed by atoms with E-state index in [1.54, 1.807) is 18.2 Å². The fourth-order valence-electron chi connectivity index (χ4n) is 2.40. The van der Waals surface area contributed by atoms with Gasteiger partial charge < -0.3 is 19.9 Å². The van der Waals surface area contributed by atoms with Crippen LogP contribution in [0.15, 0.2) is 30.3 Å². The van der Waals surface area contributed by atoms with E-state index in [1.165, 1.54) is 21.3 Å². The lowest BCUT2D eigenvalue weighted by molar-refractivity contribution is 0.324. The van der Waals surface area contributed by atoms with Gasteiger partial charge in [0.15, 0.2) is 11.5 Å². The number of aryl methyl sites for hydroxylation is 1. The van der Waals surface area contributed by atoms with Crippen LogP contribution in [0.2, 0.25) is 0 Å². The molecule has 2 aromatic carbocycles. The molecule has 0 heterocycles. The number of allylic oxidation sites excluding steroid dienone is 1. The van der Waals surface area contributed by atoms with E-state index in [2.05, 4.69) is 6.07 Å². The van der Waals surface area contributed by atoms with Crippen molar-refractivity contribution in [3.05, 3.63) is 47.0 Å². The monoisotopic (exact) mass is 324 g/mol. The SMILES string of the molecule is COc1cc(C(C#N)=Cc2ccc(C)cc2N)cc(OC)c1OC. The highest BCUT2D eigenvalue weighted by molar-refractivity contribution is 5.92. The summed E-state index contributed by atoms with van der Waals surface area (Å²) in [5.74, 6) is 1.46. The molecule has 0 unspecified atom stereocenters. The molecule has 0 fully saturated rings. The first kappa shape index (κ1) is 17.2. The minimum Gasteiger partial charge on any atom is -0.493 e. The topological polar surface area (TPSA) is 77.5 Å². The first-order valence-electron chi connectivity index (χ1n) is 7.32. The van der Waals surface area contributed by atoms with Gasteiger partial charge in [-0.25, -0.2) is 0 Å². The minimum atomic E-state index is 0.449. The molecule has 0 saturated carbocycles. The second-order valence-electron chi connectivity index (χ2n) is 5.22. The maximum Gasteiger partial charge on any atom is 0.203 e. The third-order valence-electron chi connectivity index (χ3n) is 3.64. The Kier molecular flexibility index (Phi) is 5.33. The van der Waals surface area contributed by atoms with Gasteiger partial charge in [-0.3, -0.25) is 0 Å². The van der Waals surface area contributed by atoms with Crippen LogP contribution in [-0.4, -0.2) is 21.3 Å². The molecule has 0 amide bonds. The lowest BCUT2D eigenvalue weighted by atomic mass is 10.0. The van der Waals surface area contributed by atoms with Crippen LogP contribution < -0.4 is 19.9 Å². The molecule has 24 heavy (non-hydrogen) atoms. The summed E-state index contributed by atoms with van der Waals surface area (Å²) in [6.45, 7) is 1.97. The van der Waals surface area contributed by atoms with Crippen molar-refractivity contribution in [1.29, 1.82) is 5.26 Å². The zero-order chi connectivity index (χ0) is 17.7. The second-order valence-corrected chi connectivity index (χ2v) is 5.22. The number of ether oxygens (including phenoxy) is 3. The van der Waals surface area contributed by atoms with Gasteiger partial charge in [0.05, 0.1) is 33.0 Å². The van der Waals surface area contributed by atoms with Gasteiger partial charge in [0.25, 0.3) is 0 Å². The summed E-state index contributed by atoms with van der Waals surface area (Å²) < 4.78 is 16.0. The fraction of sp³-hybridized carbons (Fsp3) is 0.211.